The van der Waals surface area contributed by atoms with Gasteiger partial charge in [-0.05, 0) is 37.1 Å². The maximum absolute atomic E-state index is 13.3. The maximum atomic E-state index is 13.3. The third-order valence-corrected chi connectivity index (χ3v) is 5.11. The number of nitrogens with zero attached hydrogens (tertiary/aromatic N) is 1. The number of para-hydroxylation sites is 1. The lowest BCUT2D eigenvalue weighted by Gasteiger charge is -2.38. The molecular formula is C19H17ClN2O4. The molecule has 2 atom stereocenters. The molecule has 0 aliphatic carbocycles. The minimum Gasteiger partial charge on any atom is -0.454 e. The van der Waals surface area contributed by atoms with Crippen LogP contribution in [0.3, 0.4) is 0 Å². The standard InChI is InChI=1S/C19H17ClN2O4/c1-10-6-13(18(21)23)12-4-2-3-5-15(12)22(10)19(24)11-7-14(20)17-16(8-11)25-9-26-17/h2-5,7-8,10,13H,6,9H2,1H3,(H2,21,23). The van der Waals surface area contributed by atoms with Crippen LogP contribution in [0.2, 0.25) is 5.02 Å². The fourth-order valence-corrected chi connectivity index (χ4v) is 3.89. The molecule has 0 bridgehead atoms. The highest BCUT2D eigenvalue weighted by molar-refractivity contribution is 6.33. The van der Waals surface area contributed by atoms with Crippen molar-refractivity contribution in [2.45, 2.75) is 25.3 Å². The molecule has 2 N–H and O–H groups in total. The first-order chi connectivity index (χ1) is 12.5. The van der Waals surface area contributed by atoms with E-state index in [1.807, 2.05) is 31.2 Å². The Kier molecular flexibility index (Phi) is 4.00. The van der Waals surface area contributed by atoms with Crippen molar-refractivity contribution in [3.05, 3.63) is 52.5 Å². The van der Waals surface area contributed by atoms with Gasteiger partial charge in [0.25, 0.3) is 5.91 Å². The van der Waals surface area contributed by atoms with Gasteiger partial charge in [-0.1, -0.05) is 29.8 Å². The highest BCUT2D eigenvalue weighted by Crippen LogP contribution is 2.42. The van der Waals surface area contributed by atoms with Crippen molar-refractivity contribution >= 4 is 29.1 Å². The van der Waals surface area contributed by atoms with E-state index in [0.717, 1.165) is 5.56 Å². The summed E-state index contributed by atoms with van der Waals surface area (Å²) in [5, 5.41) is 0.330. The van der Waals surface area contributed by atoms with Crippen LogP contribution in [0, 0.1) is 0 Å². The van der Waals surface area contributed by atoms with Gasteiger partial charge in [0.2, 0.25) is 12.7 Å². The van der Waals surface area contributed by atoms with Crippen LogP contribution in [0.15, 0.2) is 36.4 Å². The van der Waals surface area contributed by atoms with Crippen molar-refractivity contribution < 1.29 is 19.1 Å². The Morgan fingerprint density at radius 1 is 1.23 bits per heavy atom. The molecule has 0 fully saturated rings. The Morgan fingerprint density at radius 2 is 2.00 bits per heavy atom. The van der Waals surface area contributed by atoms with Crippen molar-refractivity contribution in [3.8, 4) is 11.5 Å². The van der Waals surface area contributed by atoms with E-state index in [1.165, 1.54) is 0 Å². The van der Waals surface area contributed by atoms with Crippen LogP contribution in [0.1, 0.15) is 35.2 Å². The smallest absolute Gasteiger partial charge is 0.258 e. The van der Waals surface area contributed by atoms with Gasteiger partial charge in [-0.2, -0.15) is 0 Å². The van der Waals surface area contributed by atoms with Crippen LogP contribution < -0.4 is 20.1 Å². The van der Waals surface area contributed by atoms with Gasteiger partial charge in [0.05, 0.1) is 10.9 Å². The van der Waals surface area contributed by atoms with Gasteiger partial charge in [-0.3, -0.25) is 9.59 Å². The molecule has 2 unspecified atom stereocenters. The summed E-state index contributed by atoms with van der Waals surface area (Å²) >= 11 is 6.22. The topological polar surface area (TPSA) is 81.9 Å². The number of primary amides is 1. The van der Waals surface area contributed by atoms with Gasteiger partial charge in [0.15, 0.2) is 11.5 Å². The average Bonchev–Trinajstić information content (AvgIpc) is 3.09. The number of hydrogen-bond donors (Lipinski definition) is 1. The lowest BCUT2D eigenvalue weighted by atomic mass is 9.85. The van der Waals surface area contributed by atoms with E-state index < -0.39 is 5.92 Å². The lowest BCUT2D eigenvalue weighted by Crippen LogP contribution is -2.45. The molecule has 0 saturated carbocycles. The molecule has 2 aliphatic rings. The zero-order valence-corrected chi connectivity index (χ0v) is 14.8. The first-order valence-corrected chi connectivity index (χ1v) is 8.66. The summed E-state index contributed by atoms with van der Waals surface area (Å²) in [6.07, 6.45) is 0.469. The van der Waals surface area contributed by atoms with E-state index in [4.69, 9.17) is 26.8 Å². The number of ether oxygens (including phenoxy) is 2. The fraction of sp³-hybridized carbons (Fsp3) is 0.263. The molecule has 2 aliphatic heterocycles. The van der Waals surface area contributed by atoms with Crippen molar-refractivity contribution in [2.24, 2.45) is 5.73 Å². The summed E-state index contributed by atoms with van der Waals surface area (Å²) in [6, 6.07) is 10.3. The molecule has 2 aromatic rings. The van der Waals surface area contributed by atoms with Crippen molar-refractivity contribution in [1.82, 2.24) is 0 Å². The molecule has 0 saturated heterocycles. The Morgan fingerprint density at radius 3 is 2.77 bits per heavy atom. The largest absolute Gasteiger partial charge is 0.454 e. The monoisotopic (exact) mass is 372 g/mol. The van der Waals surface area contributed by atoms with Gasteiger partial charge in [0, 0.05) is 17.3 Å². The van der Waals surface area contributed by atoms with Gasteiger partial charge >= 0.3 is 0 Å². The third kappa shape index (κ3) is 2.57. The van der Waals surface area contributed by atoms with E-state index >= 15 is 0 Å². The summed E-state index contributed by atoms with van der Waals surface area (Å²) < 4.78 is 10.7. The number of rotatable bonds is 2. The second-order valence-electron chi connectivity index (χ2n) is 6.47. The molecule has 2 heterocycles. The summed E-state index contributed by atoms with van der Waals surface area (Å²) in [6.45, 7) is 1.98. The van der Waals surface area contributed by atoms with E-state index in [1.54, 1.807) is 17.0 Å². The Bertz CT molecular complexity index is 914. The molecule has 2 aromatic carbocycles. The van der Waals surface area contributed by atoms with E-state index in [9.17, 15) is 9.59 Å². The maximum Gasteiger partial charge on any atom is 0.258 e. The number of fused-ring (bicyclic) bond motifs is 2. The lowest BCUT2D eigenvalue weighted by molar-refractivity contribution is -0.119. The molecular weight excluding hydrogens is 356 g/mol. The zero-order valence-electron chi connectivity index (χ0n) is 14.1. The van der Waals surface area contributed by atoms with Crippen LogP contribution >= 0.6 is 11.6 Å². The summed E-state index contributed by atoms with van der Waals surface area (Å²) in [4.78, 5) is 26.8. The second kappa shape index (κ2) is 6.21. The number of hydrogen-bond acceptors (Lipinski definition) is 4. The number of halogens is 1. The normalized spacial score (nSPS) is 20.6. The van der Waals surface area contributed by atoms with Gasteiger partial charge in [-0.25, -0.2) is 0 Å². The molecule has 134 valence electrons. The van der Waals surface area contributed by atoms with E-state index in [-0.39, 0.29) is 24.6 Å². The molecule has 2 amide bonds. The number of benzene rings is 2. The molecule has 4 rings (SSSR count). The fourth-order valence-electron chi connectivity index (χ4n) is 3.62. The minimum atomic E-state index is -0.411. The molecule has 0 aromatic heterocycles. The second-order valence-corrected chi connectivity index (χ2v) is 6.87. The third-order valence-electron chi connectivity index (χ3n) is 4.83. The van der Waals surface area contributed by atoms with Crippen LogP contribution in [0.25, 0.3) is 0 Å². The first-order valence-electron chi connectivity index (χ1n) is 8.28. The van der Waals surface area contributed by atoms with Crippen LogP contribution in [0.5, 0.6) is 11.5 Å². The predicted octanol–water partition coefficient (Wildman–Crippen LogP) is 3.08. The first kappa shape index (κ1) is 16.7. The molecule has 26 heavy (non-hydrogen) atoms. The summed E-state index contributed by atoms with van der Waals surface area (Å²) in [7, 11) is 0. The van der Waals surface area contributed by atoms with Gasteiger partial charge in [-0.15, -0.1) is 0 Å². The average molecular weight is 373 g/mol. The Balaban J connectivity index is 1.77. The van der Waals surface area contributed by atoms with Crippen molar-refractivity contribution in [2.75, 3.05) is 11.7 Å². The van der Waals surface area contributed by atoms with E-state index in [0.29, 0.717) is 34.2 Å². The van der Waals surface area contributed by atoms with E-state index in [2.05, 4.69) is 0 Å². The summed E-state index contributed by atoms with van der Waals surface area (Å²) in [5.74, 6) is -0.112. The zero-order chi connectivity index (χ0) is 18.4. The Labute approximate surface area is 155 Å². The van der Waals surface area contributed by atoms with Crippen molar-refractivity contribution in [3.63, 3.8) is 0 Å². The summed E-state index contributed by atoms with van der Waals surface area (Å²) in [5.41, 5.74) is 7.42. The molecule has 0 spiro atoms. The quantitative estimate of drug-likeness (QED) is 0.878. The van der Waals surface area contributed by atoms with Gasteiger partial charge < -0.3 is 20.1 Å². The molecule has 7 heteroatoms. The number of carbonyl (C=O) groups is 2. The SMILES string of the molecule is CC1CC(C(N)=O)c2ccccc2N1C(=O)c1cc(Cl)c2c(c1)OCO2. The highest BCUT2D eigenvalue weighted by Gasteiger charge is 2.36. The predicted molar refractivity (Wildman–Crippen MR) is 96.8 cm³/mol. The number of amides is 2. The number of nitrogens with two attached hydrogens (primary N) is 1. The highest BCUT2D eigenvalue weighted by atomic mass is 35.5. The number of carbonyl (C=O) groups excluding carboxylic acids is 2. The van der Waals surface area contributed by atoms with Crippen molar-refractivity contribution in [1.29, 1.82) is 0 Å². The van der Waals surface area contributed by atoms with Crippen LogP contribution in [-0.4, -0.2) is 24.6 Å². The Hall–Kier alpha value is -2.73. The minimum absolute atomic E-state index is 0.0793. The molecule has 6 nitrogen and oxygen atoms in total. The van der Waals surface area contributed by atoms with Crippen LogP contribution in [0.4, 0.5) is 5.69 Å². The number of anilines is 1. The molecule has 0 radical (unpaired) electrons. The van der Waals surface area contributed by atoms with Gasteiger partial charge in [0.1, 0.15) is 0 Å². The van der Waals surface area contributed by atoms with Crippen LogP contribution in [-0.2, 0) is 4.79 Å².